The van der Waals surface area contributed by atoms with Crippen LogP contribution in [0.25, 0.3) is 0 Å². The SMILES string of the molecule is CCOC(=O)c1cc(C#N)c(SCC(=O)Nc2ccccc2C(=O)Nc2cccc(C)c2)nc1C. The number of nitrogens with one attached hydrogen (secondary N) is 2. The summed E-state index contributed by atoms with van der Waals surface area (Å²) in [4.78, 5) is 41.8. The third kappa shape index (κ3) is 6.68. The molecule has 2 aromatic carbocycles. The Morgan fingerprint density at radius 3 is 2.51 bits per heavy atom. The maximum absolute atomic E-state index is 12.8. The van der Waals surface area contributed by atoms with Crippen LogP contribution in [0.15, 0.2) is 59.6 Å². The van der Waals surface area contributed by atoms with Crippen LogP contribution in [0, 0.1) is 25.2 Å². The Bertz CT molecular complexity index is 1320. The van der Waals surface area contributed by atoms with E-state index in [1.165, 1.54) is 6.07 Å². The van der Waals surface area contributed by atoms with E-state index in [2.05, 4.69) is 15.6 Å². The minimum Gasteiger partial charge on any atom is -0.462 e. The van der Waals surface area contributed by atoms with E-state index < -0.39 is 5.97 Å². The van der Waals surface area contributed by atoms with E-state index in [0.717, 1.165) is 17.3 Å². The summed E-state index contributed by atoms with van der Waals surface area (Å²) in [6, 6.07) is 17.6. The van der Waals surface area contributed by atoms with Gasteiger partial charge in [-0.05, 0) is 56.7 Å². The van der Waals surface area contributed by atoms with Crippen LogP contribution in [0.5, 0.6) is 0 Å². The molecule has 0 saturated heterocycles. The van der Waals surface area contributed by atoms with Crippen molar-refractivity contribution in [3.05, 3.63) is 82.5 Å². The monoisotopic (exact) mass is 488 g/mol. The Hall–Kier alpha value is -4.16. The third-order valence-corrected chi connectivity index (χ3v) is 5.85. The molecule has 9 heteroatoms. The number of esters is 1. The normalized spacial score (nSPS) is 10.2. The van der Waals surface area contributed by atoms with Crippen LogP contribution in [0.3, 0.4) is 0 Å². The number of aryl methyl sites for hydroxylation is 2. The predicted octanol–water partition coefficient (Wildman–Crippen LogP) is 4.73. The van der Waals surface area contributed by atoms with Crippen LogP contribution in [0.2, 0.25) is 0 Å². The maximum atomic E-state index is 12.8. The lowest BCUT2D eigenvalue weighted by atomic mass is 10.1. The maximum Gasteiger partial charge on any atom is 0.340 e. The number of anilines is 2. The molecule has 35 heavy (non-hydrogen) atoms. The molecule has 0 saturated carbocycles. The zero-order valence-corrected chi connectivity index (χ0v) is 20.4. The van der Waals surface area contributed by atoms with Gasteiger partial charge in [-0.15, -0.1) is 0 Å². The summed E-state index contributed by atoms with van der Waals surface area (Å²) in [6.45, 7) is 5.47. The first kappa shape index (κ1) is 25.5. The van der Waals surface area contributed by atoms with E-state index in [0.29, 0.717) is 27.7 Å². The van der Waals surface area contributed by atoms with E-state index in [1.807, 2.05) is 31.2 Å². The fourth-order valence-electron chi connectivity index (χ4n) is 3.22. The van der Waals surface area contributed by atoms with Gasteiger partial charge >= 0.3 is 5.97 Å². The molecule has 2 N–H and O–H groups in total. The second-order valence-corrected chi connectivity index (χ2v) is 8.48. The molecule has 0 spiro atoms. The summed E-state index contributed by atoms with van der Waals surface area (Å²) in [6.07, 6.45) is 0. The molecular formula is C26H24N4O4S. The second-order valence-electron chi connectivity index (χ2n) is 7.51. The summed E-state index contributed by atoms with van der Waals surface area (Å²) in [5, 5.41) is 15.4. The fourth-order valence-corrected chi connectivity index (χ4v) is 4.02. The summed E-state index contributed by atoms with van der Waals surface area (Å²) >= 11 is 1.07. The molecule has 1 heterocycles. The van der Waals surface area contributed by atoms with Gasteiger partial charge < -0.3 is 15.4 Å². The number of hydrogen-bond acceptors (Lipinski definition) is 7. The van der Waals surface area contributed by atoms with Gasteiger partial charge in [-0.25, -0.2) is 9.78 Å². The van der Waals surface area contributed by atoms with Gasteiger partial charge in [0.25, 0.3) is 5.91 Å². The predicted molar refractivity (Wildman–Crippen MR) is 135 cm³/mol. The number of rotatable bonds is 8. The van der Waals surface area contributed by atoms with Crippen LogP contribution >= 0.6 is 11.8 Å². The number of amides is 2. The van der Waals surface area contributed by atoms with Crippen molar-refractivity contribution in [2.75, 3.05) is 23.0 Å². The standard InChI is InChI=1S/C26H24N4O4S/c1-4-34-26(33)21-13-18(14-27)25(28-17(21)3)35-15-23(31)30-22-11-6-5-10-20(22)24(32)29-19-9-7-8-16(2)12-19/h5-13H,4,15H2,1-3H3,(H,29,32)(H,30,31). The average molecular weight is 489 g/mol. The summed E-state index contributed by atoms with van der Waals surface area (Å²) in [7, 11) is 0. The van der Waals surface area contributed by atoms with E-state index in [4.69, 9.17) is 4.74 Å². The highest BCUT2D eigenvalue weighted by Gasteiger charge is 2.18. The van der Waals surface area contributed by atoms with Crippen molar-refractivity contribution in [2.24, 2.45) is 0 Å². The minimum absolute atomic E-state index is 0.0479. The lowest BCUT2D eigenvalue weighted by Gasteiger charge is -2.12. The van der Waals surface area contributed by atoms with Crippen molar-refractivity contribution in [3.8, 4) is 6.07 Å². The zero-order valence-electron chi connectivity index (χ0n) is 19.5. The fraction of sp³-hybridized carbons (Fsp3) is 0.192. The van der Waals surface area contributed by atoms with Crippen molar-refractivity contribution in [3.63, 3.8) is 0 Å². The number of benzene rings is 2. The number of thioether (sulfide) groups is 1. The Balaban J connectivity index is 1.70. The largest absolute Gasteiger partial charge is 0.462 e. The van der Waals surface area contributed by atoms with Crippen LogP contribution in [0.4, 0.5) is 11.4 Å². The molecule has 3 aromatic rings. The molecule has 0 aliphatic heterocycles. The summed E-state index contributed by atoms with van der Waals surface area (Å²) < 4.78 is 4.99. The van der Waals surface area contributed by atoms with Crippen molar-refractivity contribution < 1.29 is 19.1 Å². The minimum atomic E-state index is -0.552. The van der Waals surface area contributed by atoms with Crippen LogP contribution in [0.1, 0.15) is 44.5 Å². The van der Waals surface area contributed by atoms with Crippen LogP contribution in [-0.4, -0.2) is 35.1 Å². The first-order chi connectivity index (χ1) is 16.8. The molecule has 0 radical (unpaired) electrons. The quantitative estimate of drug-likeness (QED) is 0.347. The number of aromatic nitrogens is 1. The Kier molecular flexibility index (Phi) is 8.59. The number of carbonyl (C=O) groups excluding carboxylic acids is 3. The van der Waals surface area contributed by atoms with Crippen molar-refractivity contribution >= 4 is 40.9 Å². The second kappa shape index (κ2) is 11.8. The van der Waals surface area contributed by atoms with Gasteiger partial charge in [-0.1, -0.05) is 36.0 Å². The lowest BCUT2D eigenvalue weighted by molar-refractivity contribution is -0.113. The van der Waals surface area contributed by atoms with Crippen LogP contribution < -0.4 is 10.6 Å². The topological polar surface area (TPSA) is 121 Å². The van der Waals surface area contributed by atoms with Crippen molar-refractivity contribution in [2.45, 2.75) is 25.8 Å². The Labute approximate surface area is 207 Å². The summed E-state index contributed by atoms with van der Waals surface area (Å²) in [5.74, 6) is -1.32. The number of hydrogen-bond donors (Lipinski definition) is 2. The number of nitriles is 1. The lowest BCUT2D eigenvalue weighted by Crippen LogP contribution is -2.19. The average Bonchev–Trinajstić information content (AvgIpc) is 2.83. The first-order valence-electron chi connectivity index (χ1n) is 10.8. The molecule has 0 unspecified atom stereocenters. The van der Waals surface area contributed by atoms with Gasteiger partial charge in [0.05, 0.1) is 40.4 Å². The molecule has 178 valence electrons. The molecule has 8 nitrogen and oxygen atoms in total. The number of nitrogens with zero attached hydrogens (tertiary/aromatic N) is 2. The molecule has 3 rings (SSSR count). The van der Waals surface area contributed by atoms with Gasteiger partial charge in [0.15, 0.2) is 0 Å². The number of pyridine rings is 1. The smallest absolute Gasteiger partial charge is 0.340 e. The highest BCUT2D eigenvalue weighted by atomic mass is 32.2. The molecule has 0 atom stereocenters. The van der Waals surface area contributed by atoms with Gasteiger partial charge in [-0.3, -0.25) is 9.59 Å². The zero-order chi connectivity index (χ0) is 25.4. The van der Waals surface area contributed by atoms with Gasteiger partial charge in [0.1, 0.15) is 11.1 Å². The molecular weight excluding hydrogens is 464 g/mol. The van der Waals surface area contributed by atoms with E-state index in [-0.39, 0.29) is 35.3 Å². The Morgan fingerprint density at radius 1 is 1.03 bits per heavy atom. The van der Waals surface area contributed by atoms with Gasteiger partial charge in [0.2, 0.25) is 5.91 Å². The molecule has 0 aliphatic carbocycles. The molecule has 1 aromatic heterocycles. The van der Waals surface area contributed by atoms with Crippen molar-refractivity contribution in [1.82, 2.24) is 4.98 Å². The van der Waals surface area contributed by atoms with Crippen molar-refractivity contribution in [1.29, 1.82) is 5.26 Å². The number of carbonyl (C=O) groups is 3. The molecule has 0 fully saturated rings. The van der Waals surface area contributed by atoms with Gasteiger partial charge in [-0.2, -0.15) is 5.26 Å². The Morgan fingerprint density at radius 2 is 1.80 bits per heavy atom. The molecule has 0 bridgehead atoms. The molecule has 2 amide bonds. The first-order valence-corrected chi connectivity index (χ1v) is 11.8. The third-order valence-electron chi connectivity index (χ3n) is 4.86. The van der Waals surface area contributed by atoms with Gasteiger partial charge in [0, 0.05) is 5.69 Å². The van der Waals surface area contributed by atoms with E-state index in [9.17, 15) is 19.6 Å². The highest BCUT2D eigenvalue weighted by Crippen LogP contribution is 2.24. The number of para-hydroxylation sites is 1. The number of ether oxygens (including phenoxy) is 1. The molecule has 0 aliphatic rings. The van der Waals surface area contributed by atoms with E-state index >= 15 is 0 Å². The summed E-state index contributed by atoms with van der Waals surface area (Å²) in [5.41, 5.74) is 3.15. The van der Waals surface area contributed by atoms with E-state index in [1.54, 1.807) is 44.2 Å². The highest BCUT2D eigenvalue weighted by molar-refractivity contribution is 8.00. The van der Waals surface area contributed by atoms with Crippen LogP contribution in [-0.2, 0) is 9.53 Å².